The average molecular weight is 308 g/mol. The smallest absolute Gasteiger partial charge is 0.321 e. The van der Waals surface area contributed by atoms with Gasteiger partial charge in [-0.3, -0.25) is 14.9 Å². The minimum absolute atomic E-state index is 0.0892. The maximum atomic E-state index is 11.8. The van der Waals surface area contributed by atoms with E-state index < -0.39 is 12.0 Å². The normalized spacial score (nSPS) is 12.2. The van der Waals surface area contributed by atoms with Crippen molar-refractivity contribution < 1.29 is 14.7 Å². The monoisotopic (exact) mass is 307 g/mol. The summed E-state index contributed by atoms with van der Waals surface area (Å²) in [5, 5.41) is 11.8. The number of nitrogens with one attached hydrogen (secondary N) is 1. The summed E-state index contributed by atoms with van der Waals surface area (Å²) in [6.45, 7) is -0.141. The first-order valence-electron chi connectivity index (χ1n) is 5.01. The van der Waals surface area contributed by atoms with E-state index in [1.54, 1.807) is 12.1 Å². The van der Waals surface area contributed by atoms with E-state index >= 15 is 0 Å². The second kappa shape index (κ2) is 6.99. The van der Waals surface area contributed by atoms with Crippen molar-refractivity contribution in [3.8, 4) is 0 Å². The van der Waals surface area contributed by atoms with E-state index in [1.165, 1.54) is 6.07 Å². The van der Waals surface area contributed by atoms with Crippen LogP contribution in [0.1, 0.15) is 10.4 Å². The average Bonchev–Trinajstić information content (AvgIpc) is 2.32. The minimum Gasteiger partial charge on any atom is -0.480 e. The van der Waals surface area contributed by atoms with Crippen LogP contribution in [0.15, 0.2) is 18.2 Å². The molecule has 7 heteroatoms. The van der Waals surface area contributed by atoms with E-state index in [0.717, 1.165) is 0 Å². The van der Waals surface area contributed by atoms with Crippen molar-refractivity contribution in [2.45, 2.75) is 6.04 Å². The van der Waals surface area contributed by atoms with E-state index in [-0.39, 0.29) is 33.7 Å². The molecule has 0 unspecified atom stereocenters. The molecule has 0 fully saturated rings. The molecule has 0 saturated carbocycles. The molecule has 0 spiro atoms. The maximum Gasteiger partial charge on any atom is 0.321 e. The van der Waals surface area contributed by atoms with Crippen LogP contribution in [0.4, 0.5) is 0 Å². The first-order valence-corrected chi connectivity index (χ1v) is 6.40. The number of carbonyl (C=O) groups excluding carboxylic acids is 1. The maximum absolute atomic E-state index is 11.8. The largest absolute Gasteiger partial charge is 0.480 e. The van der Waals surface area contributed by atoms with E-state index in [4.69, 9.17) is 28.3 Å². The molecule has 2 N–H and O–H groups in total. The van der Waals surface area contributed by atoms with Crippen LogP contribution in [0, 0.1) is 0 Å². The van der Waals surface area contributed by atoms with Gasteiger partial charge in [0.2, 0.25) is 0 Å². The second-order valence-electron chi connectivity index (χ2n) is 3.48. The van der Waals surface area contributed by atoms with Crippen molar-refractivity contribution >= 4 is 47.6 Å². The molecule has 1 rings (SSSR count). The molecule has 0 aliphatic heterocycles. The van der Waals surface area contributed by atoms with E-state index in [9.17, 15) is 9.59 Å². The molecule has 0 radical (unpaired) electrons. The number of aliphatic carboxylic acids is 1. The molecule has 98 valence electrons. The lowest BCUT2D eigenvalue weighted by Gasteiger charge is -2.11. The van der Waals surface area contributed by atoms with Gasteiger partial charge in [-0.2, -0.15) is 12.6 Å². The highest BCUT2D eigenvalue weighted by atomic mass is 35.5. The number of ketones is 1. The number of hydrogen-bond acceptors (Lipinski definition) is 4. The summed E-state index contributed by atoms with van der Waals surface area (Å²) in [5.74, 6) is -1.29. The molecular formula is C11H11Cl2NO3S. The third-order valence-corrected chi connectivity index (χ3v) is 3.43. The van der Waals surface area contributed by atoms with Gasteiger partial charge in [0.25, 0.3) is 0 Å². The zero-order valence-electron chi connectivity index (χ0n) is 9.19. The van der Waals surface area contributed by atoms with Gasteiger partial charge in [0.15, 0.2) is 5.78 Å². The van der Waals surface area contributed by atoms with Gasteiger partial charge < -0.3 is 5.11 Å². The molecule has 4 nitrogen and oxygen atoms in total. The Labute approximate surface area is 120 Å². The van der Waals surface area contributed by atoms with Gasteiger partial charge in [-0.15, -0.1) is 0 Å². The van der Waals surface area contributed by atoms with Crippen LogP contribution in [0.25, 0.3) is 0 Å². The van der Waals surface area contributed by atoms with Gasteiger partial charge in [-0.1, -0.05) is 29.3 Å². The topological polar surface area (TPSA) is 66.4 Å². The fourth-order valence-corrected chi connectivity index (χ4v) is 1.95. The van der Waals surface area contributed by atoms with Crippen molar-refractivity contribution in [2.24, 2.45) is 0 Å². The molecule has 0 saturated heterocycles. The Bertz CT molecular complexity index is 468. The molecule has 0 aliphatic rings. The number of Topliss-reactive ketones (excluding diaryl/α,β-unsaturated/α-hetero) is 1. The standard InChI is InChI=1S/C11H11Cl2NO3S/c12-7-3-1-2-6(10(7)13)9(15)4-14-8(5-18)11(16)17/h1-3,8,14,18H,4-5H2,(H,16,17)/t8-/m1/s1. The van der Waals surface area contributed by atoms with Crippen LogP contribution < -0.4 is 5.32 Å². The lowest BCUT2D eigenvalue weighted by Crippen LogP contribution is -2.41. The second-order valence-corrected chi connectivity index (χ2v) is 4.63. The molecule has 1 aromatic rings. The number of rotatable bonds is 6. The molecule has 0 aliphatic carbocycles. The first-order chi connectivity index (χ1) is 8.47. The van der Waals surface area contributed by atoms with Crippen molar-refractivity contribution in [1.82, 2.24) is 5.32 Å². The summed E-state index contributed by atoms with van der Waals surface area (Å²) in [7, 11) is 0. The summed E-state index contributed by atoms with van der Waals surface area (Å²) in [6.07, 6.45) is 0. The first kappa shape index (κ1) is 15.3. The predicted octanol–water partition coefficient (Wildman–Crippen LogP) is 2.15. The van der Waals surface area contributed by atoms with Gasteiger partial charge >= 0.3 is 5.97 Å². The molecule has 1 atom stereocenters. The molecule has 1 aromatic carbocycles. The van der Waals surface area contributed by atoms with Crippen LogP contribution in [-0.4, -0.2) is 35.2 Å². The number of thiol groups is 1. The number of benzene rings is 1. The summed E-state index contributed by atoms with van der Waals surface area (Å²) in [6, 6.07) is 3.83. The Morgan fingerprint density at radius 3 is 2.61 bits per heavy atom. The third-order valence-electron chi connectivity index (χ3n) is 2.24. The zero-order valence-corrected chi connectivity index (χ0v) is 11.6. The Morgan fingerprint density at radius 1 is 1.39 bits per heavy atom. The van der Waals surface area contributed by atoms with Crippen LogP contribution in [0.3, 0.4) is 0 Å². The van der Waals surface area contributed by atoms with Crippen molar-refractivity contribution in [3.63, 3.8) is 0 Å². The van der Waals surface area contributed by atoms with Gasteiger partial charge in [0, 0.05) is 11.3 Å². The van der Waals surface area contributed by atoms with E-state index in [0.29, 0.717) is 0 Å². The van der Waals surface area contributed by atoms with Crippen molar-refractivity contribution in [1.29, 1.82) is 0 Å². The van der Waals surface area contributed by atoms with Crippen LogP contribution >= 0.6 is 35.8 Å². The van der Waals surface area contributed by atoms with E-state index in [1.807, 2.05) is 0 Å². The number of carboxylic acids is 1. The number of carboxylic acid groups (broad SMARTS) is 1. The summed E-state index contributed by atoms with van der Waals surface area (Å²) < 4.78 is 0. The lowest BCUT2D eigenvalue weighted by molar-refractivity contribution is -0.138. The van der Waals surface area contributed by atoms with E-state index in [2.05, 4.69) is 17.9 Å². The van der Waals surface area contributed by atoms with Crippen LogP contribution in [0.5, 0.6) is 0 Å². The van der Waals surface area contributed by atoms with Gasteiger partial charge in [0.05, 0.1) is 16.6 Å². The lowest BCUT2D eigenvalue weighted by atomic mass is 10.1. The highest BCUT2D eigenvalue weighted by Gasteiger charge is 2.18. The van der Waals surface area contributed by atoms with Gasteiger partial charge in [-0.05, 0) is 12.1 Å². The molecule has 0 aromatic heterocycles. The third kappa shape index (κ3) is 3.88. The zero-order chi connectivity index (χ0) is 13.7. The molecule has 18 heavy (non-hydrogen) atoms. The molecular weight excluding hydrogens is 297 g/mol. The van der Waals surface area contributed by atoms with Crippen molar-refractivity contribution in [2.75, 3.05) is 12.3 Å². The number of hydrogen-bond donors (Lipinski definition) is 3. The Hall–Kier alpha value is -0.750. The molecule has 0 heterocycles. The SMILES string of the molecule is O=C(CN[C@H](CS)C(=O)O)c1cccc(Cl)c1Cl. The van der Waals surface area contributed by atoms with Crippen LogP contribution in [-0.2, 0) is 4.79 Å². The quantitative estimate of drug-likeness (QED) is 0.556. The molecule has 0 bridgehead atoms. The summed E-state index contributed by atoms with van der Waals surface area (Å²) >= 11 is 15.6. The van der Waals surface area contributed by atoms with Crippen molar-refractivity contribution in [3.05, 3.63) is 33.8 Å². The van der Waals surface area contributed by atoms with Gasteiger partial charge in [-0.25, -0.2) is 0 Å². The fourth-order valence-electron chi connectivity index (χ4n) is 1.26. The molecule has 0 amide bonds. The Balaban J connectivity index is 2.71. The Kier molecular flexibility index (Phi) is 5.95. The fraction of sp³-hybridized carbons (Fsp3) is 0.273. The summed E-state index contributed by atoms with van der Waals surface area (Å²) in [5.41, 5.74) is 0.264. The number of carbonyl (C=O) groups is 2. The highest BCUT2D eigenvalue weighted by molar-refractivity contribution is 7.80. The Morgan fingerprint density at radius 2 is 2.06 bits per heavy atom. The minimum atomic E-state index is -1.06. The predicted molar refractivity (Wildman–Crippen MR) is 74.1 cm³/mol. The van der Waals surface area contributed by atoms with Gasteiger partial charge in [0.1, 0.15) is 6.04 Å². The van der Waals surface area contributed by atoms with Crippen LogP contribution in [0.2, 0.25) is 10.0 Å². The highest BCUT2D eigenvalue weighted by Crippen LogP contribution is 2.25. The number of halogens is 2. The summed E-state index contributed by atoms with van der Waals surface area (Å²) in [4.78, 5) is 22.6.